The van der Waals surface area contributed by atoms with Gasteiger partial charge < -0.3 is 19.8 Å². The van der Waals surface area contributed by atoms with E-state index in [4.69, 9.17) is 9.15 Å². The molecule has 0 unspecified atom stereocenters. The van der Waals surface area contributed by atoms with Gasteiger partial charge in [-0.15, -0.1) is 40.6 Å². The molecule has 2 aromatic rings. The van der Waals surface area contributed by atoms with Crippen LogP contribution in [0.25, 0.3) is 11.3 Å². The van der Waals surface area contributed by atoms with Gasteiger partial charge in [0.2, 0.25) is 0 Å². The second-order valence-corrected chi connectivity index (χ2v) is 6.65. The highest BCUT2D eigenvalue weighted by molar-refractivity contribution is 7.97. The first-order valence-corrected chi connectivity index (χ1v) is 10.1. The van der Waals surface area contributed by atoms with E-state index >= 15 is 0 Å². The van der Waals surface area contributed by atoms with Crippen LogP contribution in [0.1, 0.15) is 26.5 Å². The van der Waals surface area contributed by atoms with Crippen molar-refractivity contribution in [2.45, 2.75) is 20.8 Å². The highest BCUT2D eigenvalue weighted by Crippen LogP contribution is 2.26. The van der Waals surface area contributed by atoms with Crippen molar-refractivity contribution in [3.63, 3.8) is 0 Å². The van der Waals surface area contributed by atoms with Crippen molar-refractivity contribution in [3.8, 4) is 17.1 Å². The van der Waals surface area contributed by atoms with Gasteiger partial charge in [0.05, 0.1) is 12.8 Å². The second-order valence-electron chi connectivity index (χ2n) is 5.80. The van der Waals surface area contributed by atoms with E-state index in [1.807, 2.05) is 38.1 Å². The number of amidine groups is 2. The third-order valence-electron chi connectivity index (χ3n) is 3.70. The number of aromatic nitrogens is 1. The lowest BCUT2D eigenvalue weighted by molar-refractivity contribution is 0.415. The van der Waals surface area contributed by atoms with E-state index < -0.39 is 0 Å². The molecule has 0 aliphatic carbocycles. The second kappa shape index (κ2) is 12.0. The van der Waals surface area contributed by atoms with Crippen molar-refractivity contribution < 1.29 is 9.15 Å². The standard InChI is InChI=1S/C19H25N7O2S2/c1-5-20-18(29)25-23-12(3)15(24-26-19(30)21-6-2)16-17(28-11-22-16)13-7-9-14(27-4)10-8-13/h7-11H,5-6H2,1-4H3,(H2,20,25,29)(H2,21,26,30)/b23-12+,24-15-. The predicted molar refractivity (Wildman–Crippen MR) is 128 cm³/mol. The molecule has 0 atom stereocenters. The van der Waals surface area contributed by atoms with E-state index in [0.717, 1.165) is 11.3 Å². The SMILES string of the molecule is CCN/C(S)=N/N=C(C)/C(=N/N=C(\S)NCC)c1ncoc1-c1ccc(OC)cc1. The number of rotatable bonds is 8. The molecule has 2 rings (SSSR count). The molecule has 1 heterocycles. The molecule has 11 heteroatoms. The summed E-state index contributed by atoms with van der Waals surface area (Å²) in [6.07, 6.45) is 1.35. The average molecular weight is 448 g/mol. The molecule has 0 saturated heterocycles. The minimum atomic E-state index is 0.364. The van der Waals surface area contributed by atoms with Gasteiger partial charge >= 0.3 is 0 Å². The molecule has 1 aromatic heterocycles. The number of oxazole rings is 1. The molecule has 2 N–H and O–H groups in total. The third-order valence-corrected chi connectivity index (χ3v) is 4.19. The van der Waals surface area contributed by atoms with Crippen molar-refractivity contribution >= 4 is 47.0 Å². The molecule has 0 radical (unpaired) electrons. The Hall–Kier alpha value is -2.79. The molecule has 0 spiro atoms. The maximum Gasteiger partial charge on any atom is 0.182 e. The third kappa shape index (κ3) is 6.63. The van der Waals surface area contributed by atoms with Crippen molar-refractivity contribution in [2.75, 3.05) is 20.2 Å². The Morgan fingerprint density at radius 2 is 1.60 bits per heavy atom. The topological polar surface area (TPSA) is 109 Å². The summed E-state index contributed by atoms with van der Waals surface area (Å²) in [4.78, 5) is 4.34. The number of methoxy groups -OCH3 is 1. The van der Waals surface area contributed by atoms with Gasteiger partial charge in [-0.1, -0.05) is 0 Å². The van der Waals surface area contributed by atoms with E-state index in [1.54, 1.807) is 14.0 Å². The lowest BCUT2D eigenvalue weighted by Crippen LogP contribution is -2.19. The number of benzene rings is 1. The van der Waals surface area contributed by atoms with Crippen LogP contribution < -0.4 is 15.4 Å². The number of hydrogen-bond acceptors (Lipinski definition) is 7. The first kappa shape index (κ1) is 23.5. The number of nitrogens with one attached hydrogen (secondary N) is 2. The Labute approximate surface area is 186 Å². The first-order chi connectivity index (χ1) is 14.5. The van der Waals surface area contributed by atoms with Crippen LogP contribution >= 0.6 is 25.3 Å². The zero-order chi connectivity index (χ0) is 21.9. The van der Waals surface area contributed by atoms with Crippen molar-refractivity contribution in [1.29, 1.82) is 0 Å². The van der Waals surface area contributed by atoms with Gasteiger partial charge in [0, 0.05) is 18.7 Å². The molecule has 1 aromatic carbocycles. The fourth-order valence-corrected chi connectivity index (χ4v) is 2.71. The summed E-state index contributed by atoms with van der Waals surface area (Å²) in [5.74, 6) is 1.26. The van der Waals surface area contributed by atoms with Crippen LogP contribution in [0.2, 0.25) is 0 Å². The Morgan fingerprint density at radius 3 is 2.17 bits per heavy atom. The molecule has 0 bridgehead atoms. The molecular formula is C19H25N7O2S2. The van der Waals surface area contributed by atoms with Crippen LogP contribution in [0.5, 0.6) is 5.75 Å². The largest absolute Gasteiger partial charge is 0.497 e. The minimum absolute atomic E-state index is 0.364. The monoisotopic (exact) mass is 447 g/mol. The maximum atomic E-state index is 5.64. The number of hydrogen-bond donors (Lipinski definition) is 4. The first-order valence-electron chi connectivity index (χ1n) is 9.22. The Morgan fingerprint density at radius 1 is 1.00 bits per heavy atom. The lowest BCUT2D eigenvalue weighted by Gasteiger charge is -2.06. The van der Waals surface area contributed by atoms with Gasteiger partial charge in [0.1, 0.15) is 17.2 Å². The molecular weight excluding hydrogens is 422 g/mol. The van der Waals surface area contributed by atoms with Crippen molar-refractivity contribution in [1.82, 2.24) is 15.6 Å². The van der Waals surface area contributed by atoms with Crippen LogP contribution in [-0.2, 0) is 0 Å². The minimum Gasteiger partial charge on any atom is -0.497 e. The van der Waals surface area contributed by atoms with Gasteiger partial charge in [-0.2, -0.15) is 5.10 Å². The molecule has 0 aliphatic rings. The fraction of sp³-hybridized carbons (Fsp3) is 0.316. The van der Waals surface area contributed by atoms with E-state index in [0.29, 0.717) is 46.3 Å². The predicted octanol–water partition coefficient (Wildman–Crippen LogP) is 3.22. The summed E-state index contributed by atoms with van der Waals surface area (Å²) in [5.41, 5.74) is 2.14. The molecule has 30 heavy (non-hydrogen) atoms. The Kier molecular flexibility index (Phi) is 9.42. The molecule has 9 nitrogen and oxygen atoms in total. The summed E-state index contributed by atoms with van der Waals surface area (Å²) in [6.45, 7) is 6.97. The summed E-state index contributed by atoms with van der Waals surface area (Å²) in [6, 6.07) is 7.41. The normalized spacial score (nSPS) is 13.4. The number of thiol groups is 2. The summed E-state index contributed by atoms with van der Waals surface area (Å²) < 4.78 is 10.9. The van der Waals surface area contributed by atoms with Gasteiger partial charge in [-0.05, 0) is 45.0 Å². The average Bonchev–Trinajstić information content (AvgIpc) is 3.22. The Balaban J connectivity index is 2.51. The van der Waals surface area contributed by atoms with Gasteiger partial charge in [0.15, 0.2) is 22.5 Å². The van der Waals surface area contributed by atoms with Crippen molar-refractivity contribution in [2.24, 2.45) is 20.4 Å². The van der Waals surface area contributed by atoms with E-state index in [1.165, 1.54) is 6.39 Å². The van der Waals surface area contributed by atoms with E-state index in [2.05, 4.69) is 61.3 Å². The summed E-state index contributed by atoms with van der Waals surface area (Å²) >= 11 is 8.50. The van der Waals surface area contributed by atoms with E-state index in [-0.39, 0.29) is 0 Å². The molecule has 0 amide bonds. The van der Waals surface area contributed by atoms with Crippen LogP contribution in [0.15, 0.2) is 55.5 Å². The smallest absolute Gasteiger partial charge is 0.182 e. The number of nitrogens with zero attached hydrogens (tertiary/aromatic N) is 5. The van der Waals surface area contributed by atoms with Crippen LogP contribution in [0, 0.1) is 0 Å². The number of ether oxygens (including phenoxy) is 1. The zero-order valence-corrected chi connectivity index (χ0v) is 19.0. The lowest BCUT2D eigenvalue weighted by atomic mass is 10.1. The van der Waals surface area contributed by atoms with Crippen LogP contribution in [-0.4, -0.2) is 46.9 Å². The molecule has 160 valence electrons. The van der Waals surface area contributed by atoms with Gasteiger partial charge in [0.25, 0.3) is 0 Å². The zero-order valence-electron chi connectivity index (χ0n) is 17.2. The molecule has 0 fully saturated rings. The van der Waals surface area contributed by atoms with Crippen molar-refractivity contribution in [3.05, 3.63) is 36.4 Å². The van der Waals surface area contributed by atoms with Crippen LogP contribution in [0.4, 0.5) is 0 Å². The summed E-state index contributed by atoms with van der Waals surface area (Å²) in [5, 5.41) is 23.3. The van der Waals surface area contributed by atoms with Gasteiger partial charge in [-0.25, -0.2) is 4.98 Å². The maximum absolute atomic E-state index is 5.64. The quantitative estimate of drug-likeness (QED) is 0.215. The molecule has 0 saturated carbocycles. The summed E-state index contributed by atoms with van der Waals surface area (Å²) in [7, 11) is 1.61. The fourth-order valence-electron chi connectivity index (χ4n) is 2.31. The van der Waals surface area contributed by atoms with E-state index in [9.17, 15) is 0 Å². The Bertz CT molecular complexity index is 950. The molecule has 0 aliphatic heterocycles. The van der Waals surface area contributed by atoms with Crippen LogP contribution in [0.3, 0.4) is 0 Å². The van der Waals surface area contributed by atoms with Gasteiger partial charge in [-0.3, -0.25) is 0 Å². The highest BCUT2D eigenvalue weighted by Gasteiger charge is 2.20. The highest BCUT2D eigenvalue weighted by atomic mass is 32.1.